The Bertz CT molecular complexity index is 222. The number of hydrogen-bond donors (Lipinski definition) is 1. The van der Waals surface area contributed by atoms with Gasteiger partial charge in [0.05, 0.1) is 5.54 Å². The summed E-state index contributed by atoms with van der Waals surface area (Å²) in [6.45, 7) is 11.7. The Labute approximate surface area is 81.3 Å². The van der Waals surface area contributed by atoms with Gasteiger partial charge in [-0.25, -0.2) is 0 Å². The van der Waals surface area contributed by atoms with Crippen molar-refractivity contribution in [3.63, 3.8) is 0 Å². The highest BCUT2D eigenvalue weighted by atomic mass is 16.1. The van der Waals surface area contributed by atoms with Crippen LogP contribution >= 0.6 is 0 Å². The Balaban J connectivity index is 0.00000169. The van der Waals surface area contributed by atoms with E-state index in [4.69, 9.17) is 0 Å². The molecule has 0 aromatic heterocycles. The summed E-state index contributed by atoms with van der Waals surface area (Å²) in [5.74, 6) is -0.0779. The summed E-state index contributed by atoms with van der Waals surface area (Å²) in [6.07, 6.45) is 1.32. The normalized spacial score (nSPS) is 20.9. The molecule has 1 aliphatic rings. The zero-order valence-corrected chi connectivity index (χ0v) is 8.63. The minimum atomic E-state index is -0.0779. The van der Waals surface area contributed by atoms with Crippen LogP contribution < -0.4 is 5.32 Å². The highest BCUT2D eigenvalue weighted by Crippen LogP contribution is 2.22. The van der Waals surface area contributed by atoms with Crippen molar-refractivity contribution in [2.24, 2.45) is 0 Å². The molecule has 1 amide bonds. The quantitative estimate of drug-likeness (QED) is 0.664. The number of carbonyl (C=O) groups is 1. The fourth-order valence-electron chi connectivity index (χ4n) is 1.64. The molecule has 0 aromatic carbocycles. The van der Waals surface area contributed by atoms with Crippen LogP contribution in [0.1, 0.15) is 22.2 Å². The van der Waals surface area contributed by atoms with Gasteiger partial charge in [0.1, 0.15) is 0 Å². The number of nitrogens with one attached hydrogen (secondary N) is 1. The van der Waals surface area contributed by atoms with E-state index in [2.05, 4.69) is 37.6 Å². The number of hydrogen-bond acceptors (Lipinski definition) is 2. The smallest absolute Gasteiger partial charge is 0.243 e. The maximum absolute atomic E-state index is 11.0. The number of amides is 1. The first-order valence-corrected chi connectivity index (χ1v) is 4.65. The predicted molar refractivity (Wildman–Crippen MR) is 55.6 cm³/mol. The molecule has 76 valence electrons. The predicted octanol–water partition coefficient (Wildman–Crippen LogP) is 1.02. The zero-order chi connectivity index (χ0) is 10.1. The average Bonchev–Trinajstić information content (AvgIpc) is 1.99. The van der Waals surface area contributed by atoms with E-state index in [1.165, 1.54) is 6.08 Å². The second-order valence-electron chi connectivity index (χ2n) is 4.25. The highest BCUT2D eigenvalue weighted by Gasteiger charge is 2.40. The number of carbonyl (C=O) groups excluding carboxylic acids is 1. The Hall–Kier alpha value is -0.830. The Morgan fingerprint density at radius 3 is 2.62 bits per heavy atom. The van der Waals surface area contributed by atoms with E-state index in [9.17, 15) is 4.79 Å². The SMILES string of the molecule is C=CC(=O)NC1(C)CN(C(C)C)C1.[HH]. The van der Waals surface area contributed by atoms with Gasteiger partial charge in [-0.1, -0.05) is 6.58 Å². The van der Waals surface area contributed by atoms with Crippen LogP contribution in [0.3, 0.4) is 0 Å². The molecule has 1 heterocycles. The van der Waals surface area contributed by atoms with Crippen LogP contribution in [0.4, 0.5) is 0 Å². The molecule has 1 rings (SSSR count). The van der Waals surface area contributed by atoms with Crippen molar-refractivity contribution in [3.8, 4) is 0 Å². The summed E-state index contributed by atoms with van der Waals surface area (Å²) < 4.78 is 0. The van der Waals surface area contributed by atoms with Crippen LogP contribution in [0.2, 0.25) is 0 Å². The van der Waals surface area contributed by atoms with Crippen molar-refractivity contribution in [1.82, 2.24) is 10.2 Å². The van der Waals surface area contributed by atoms with Crippen molar-refractivity contribution in [3.05, 3.63) is 12.7 Å². The molecule has 0 atom stereocenters. The molecule has 0 aromatic rings. The van der Waals surface area contributed by atoms with Crippen molar-refractivity contribution in [2.75, 3.05) is 13.1 Å². The highest BCUT2D eigenvalue weighted by molar-refractivity contribution is 5.87. The number of nitrogens with zero attached hydrogens (tertiary/aromatic N) is 1. The lowest BCUT2D eigenvalue weighted by atomic mass is 9.90. The van der Waals surface area contributed by atoms with Crippen molar-refractivity contribution in [1.29, 1.82) is 0 Å². The van der Waals surface area contributed by atoms with Crippen LogP contribution in [0, 0.1) is 0 Å². The number of likely N-dealkylation sites (tertiary alicyclic amines) is 1. The maximum Gasteiger partial charge on any atom is 0.243 e. The summed E-state index contributed by atoms with van der Waals surface area (Å²) in [4.78, 5) is 13.4. The molecule has 1 aliphatic heterocycles. The first-order valence-electron chi connectivity index (χ1n) is 4.65. The lowest BCUT2D eigenvalue weighted by Crippen LogP contribution is -2.69. The second kappa shape index (κ2) is 3.50. The summed E-state index contributed by atoms with van der Waals surface area (Å²) in [5, 5.41) is 2.93. The molecule has 3 nitrogen and oxygen atoms in total. The summed E-state index contributed by atoms with van der Waals surface area (Å²) in [6, 6.07) is 0.564. The van der Waals surface area contributed by atoms with Gasteiger partial charge in [-0.2, -0.15) is 0 Å². The maximum atomic E-state index is 11.0. The third kappa shape index (κ3) is 2.31. The molecule has 1 saturated heterocycles. The third-order valence-corrected chi connectivity index (χ3v) is 2.44. The number of rotatable bonds is 3. The van der Waals surface area contributed by atoms with E-state index >= 15 is 0 Å². The van der Waals surface area contributed by atoms with Crippen LogP contribution in [0.5, 0.6) is 0 Å². The van der Waals surface area contributed by atoms with Crippen molar-refractivity contribution < 1.29 is 6.22 Å². The van der Waals surface area contributed by atoms with Crippen molar-refractivity contribution in [2.45, 2.75) is 32.4 Å². The molecule has 3 heteroatoms. The molecular formula is C10H20N2O. The molecule has 0 bridgehead atoms. The largest absolute Gasteiger partial charge is 0.345 e. The molecule has 1 fully saturated rings. The minimum absolute atomic E-state index is 0. The Morgan fingerprint density at radius 1 is 1.69 bits per heavy atom. The van der Waals surface area contributed by atoms with Crippen molar-refractivity contribution >= 4 is 5.91 Å². The Morgan fingerprint density at radius 2 is 2.23 bits per heavy atom. The van der Waals surface area contributed by atoms with Crippen LogP contribution in [-0.4, -0.2) is 35.5 Å². The van der Waals surface area contributed by atoms with Gasteiger partial charge < -0.3 is 5.32 Å². The molecule has 1 N–H and O–H groups in total. The molecule has 0 spiro atoms. The van der Waals surface area contributed by atoms with Gasteiger partial charge >= 0.3 is 0 Å². The van der Waals surface area contributed by atoms with E-state index in [0.29, 0.717) is 6.04 Å². The molecule has 0 unspecified atom stereocenters. The molecular weight excluding hydrogens is 164 g/mol. The van der Waals surface area contributed by atoms with Crippen LogP contribution in [0.15, 0.2) is 12.7 Å². The monoisotopic (exact) mass is 184 g/mol. The van der Waals surface area contributed by atoms with E-state index < -0.39 is 0 Å². The standard InChI is InChI=1S/C10H18N2O.H2/c1-5-9(13)11-10(4)6-12(7-10)8(2)3;/h5,8H,1,6-7H2,2-4H3,(H,11,13);1H. The molecule has 0 saturated carbocycles. The van der Waals surface area contributed by atoms with Crippen LogP contribution in [-0.2, 0) is 4.79 Å². The lowest BCUT2D eigenvalue weighted by molar-refractivity contribution is -0.120. The van der Waals surface area contributed by atoms with E-state index in [1.54, 1.807) is 0 Å². The van der Waals surface area contributed by atoms with Gasteiger partial charge in [0, 0.05) is 20.6 Å². The molecule has 0 aliphatic carbocycles. The van der Waals surface area contributed by atoms with Crippen LogP contribution in [0.25, 0.3) is 0 Å². The third-order valence-electron chi connectivity index (χ3n) is 2.44. The first-order chi connectivity index (χ1) is 5.97. The van der Waals surface area contributed by atoms with E-state index in [0.717, 1.165) is 13.1 Å². The fourth-order valence-corrected chi connectivity index (χ4v) is 1.64. The van der Waals surface area contributed by atoms with Gasteiger partial charge in [0.15, 0.2) is 0 Å². The molecule has 13 heavy (non-hydrogen) atoms. The first kappa shape index (κ1) is 10.3. The van der Waals surface area contributed by atoms with Gasteiger partial charge in [0.2, 0.25) is 5.91 Å². The van der Waals surface area contributed by atoms with Gasteiger partial charge in [-0.3, -0.25) is 9.69 Å². The van der Waals surface area contributed by atoms with Gasteiger partial charge in [-0.15, -0.1) is 0 Å². The van der Waals surface area contributed by atoms with Gasteiger partial charge in [-0.05, 0) is 26.8 Å². The lowest BCUT2D eigenvalue weighted by Gasteiger charge is -2.50. The minimum Gasteiger partial charge on any atom is -0.345 e. The zero-order valence-electron chi connectivity index (χ0n) is 8.63. The fraction of sp³-hybridized carbons (Fsp3) is 0.700. The molecule has 0 radical (unpaired) electrons. The summed E-state index contributed by atoms with van der Waals surface area (Å²) in [5.41, 5.74) is -0.0461. The average molecular weight is 184 g/mol. The van der Waals surface area contributed by atoms with E-state index in [-0.39, 0.29) is 12.9 Å². The topological polar surface area (TPSA) is 32.3 Å². The second-order valence-corrected chi connectivity index (χ2v) is 4.25. The summed E-state index contributed by atoms with van der Waals surface area (Å²) >= 11 is 0. The Kier molecular flexibility index (Phi) is 2.76. The van der Waals surface area contributed by atoms with E-state index in [1.807, 2.05) is 0 Å². The summed E-state index contributed by atoms with van der Waals surface area (Å²) in [7, 11) is 0. The van der Waals surface area contributed by atoms with Gasteiger partial charge in [0.25, 0.3) is 0 Å².